The third-order valence-corrected chi connectivity index (χ3v) is 2.47. The molecule has 0 aromatic rings. The molecule has 0 aliphatic rings. The van der Waals surface area contributed by atoms with Crippen molar-refractivity contribution in [2.24, 2.45) is 0 Å². The van der Waals surface area contributed by atoms with E-state index in [0.29, 0.717) is 25.9 Å². The van der Waals surface area contributed by atoms with Crippen LogP contribution < -0.4 is 0 Å². The van der Waals surface area contributed by atoms with Crippen molar-refractivity contribution in [1.82, 2.24) is 0 Å². The van der Waals surface area contributed by atoms with E-state index in [0.717, 1.165) is 12.8 Å². The second-order valence-electron chi connectivity index (χ2n) is 3.63. The van der Waals surface area contributed by atoms with Gasteiger partial charge >= 0.3 is 5.97 Å². The molecule has 3 heteroatoms. The van der Waals surface area contributed by atoms with E-state index in [2.05, 4.69) is 0 Å². The van der Waals surface area contributed by atoms with Crippen LogP contribution in [0.1, 0.15) is 52.9 Å². The molecule has 0 bridgehead atoms. The Morgan fingerprint density at radius 1 is 1.29 bits per heavy atom. The minimum atomic E-state index is -0.679. The number of ether oxygens (including phenoxy) is 1. The Labute approximate surface area is 86.5 Å². The number of carbonyl (C=O) groups excluding carboxylic acids is 1. The Morgan fingerprint density at radius 3 is 2.36 bits per heavy atom. The van der Waals surface area contributed by atoms with Crippen LogP contribution >= 0.6 is 0 Å². The molecule has 0 aromatic heterocycles. The molecule has 84 valence electrons. The van der Waals surface area contributed by atoms with E-state index in [1.165, 1.54) is 0 Å². The SMILES string of the molecule is CCCC(O)(CC)CCC(=O)OCC. The molecule has 0 radical (unpaired) electrons. The molecular formula is C11H22O3. The normalized spacial score (nSPS) is 14.9. The molecule has 0 fully saturated rings. The molecular weight excluding hydrogens is 180 g/mol. The average molecular weight is 202 g/mol. The van der Waals surface area contributed by atoms with Crippen LogP contribution in [0.15, 0.2) is 0 Å². The van der Waals surface area contributed by atoms with Gasteiger partial charge in [-0.2, -0.15) is 0 Å². The number of rotatable bonds is 7. The fourth-order valence-electron chi connectivity index (χ4n) is 1.51. The molecule has 0 heterocycles. The van der Waals surface area contributed by atoms with E-state index >= 15 is 0 Å². The molecule has 0 spiro atoms. The largest absolute Gasteiger partial charge is 0.466 e. The van der Waals surface area contributed by atoms with Gasteiger partial charge < -0.3 is 9.84 Å². The first-order chi connectivity index (χ1) is 6.58. The van der Waals surface area contributed by atoms with Crippen molar-refractivity contribution in [3.63, 3.8) is 0 Å². The van der Waals surface area contributed by atoms with E-state index < -0.39 is 5.60 Å². The van der Waals surface area contributed by atoms with Gasteiger partial charge in [0.1, 0.15) is 0 Å². The third kappa shape index (κ3) is 5.22. The predicted molar refractivity (Wildman–Crippen MR) is 56.0 cm³/mol. The van der Waals surface area contributed by atoms with Crippen LogP contribution in [-0.2, 0) is 9.53 Å². The van der Waals surface area contributed by atoms with E-state index in [1.807, 2.05) is 13.8 Å². The predicted octanol–water partition coefficient (Wildman–Crippen LogP) is 2.27. The summed E-state index contributed by atoms with van der Waals surface area (Å²) in [4.78, 5) is 11.1. The zero-order chi connectivity index (χ0) is 11.0. The lowest BCUT2D eigenvalue weighted by Crippen LogP contribution is -2.28. The fourth-order valence-corrected chi connectivity index (χ4v) is 1.51. The zero-order valence-electron chi connectivity index (χ0n) is 9.51. The topological polar surface area (TPSA) is 46.5 Å². The maximum Gasteiger partial charge on any atom is 0.305 e. The highest BCUT2D eigenvalue weighted by Gasteiger charge is 2.24. The van der Waals surface area contributed by atoms with Crippen molar-refractivity contribution in [2.45, 2.75) is 58.5 Å². The van der Waals surface area contributed by atoms with Gasteiger partial charge in [-0.05, 0) is 26.2 Å². The van der Waals surface area contributed by atoms with Gasteiger partial charge in [-0.1, -0.05) is 20.3 Å². The monoisotopic (exact) mass is 202 g/mol. The summed E-state index contributed by atoms with van der Waals surface area (Å²) < 4.78 is 4.81. The van der Waals surface area contributed by atoms with Gasteiger partial charge in [-0.3, -0.25) is 4.79 Å². The highest BCUT2D eigenvalue weighted by Crippen LogP contribution is 2.23. The van der Waals surface area contributed by atoms with E-state index in [4.69, 9.17) is 4.74 Å². The molecule has 3 nitrogen and oxygen atoms in total. The lowest BCUT2D eigenvalue weighted by atomic mass is 9.90. The van der Waals surface area contributed by atoms with Gasteiger partial charge in [0.25, 0.3) is 0 Å². The lowest BCUT2D eigenvalue weighted by Gasteiger charge is -2.25. The summed E-state index contributed by atoms with van der Waals surface area (Å²) in [5, 5.41) is 10.0. The second kappa shape index (κ2) is 6.82. The van der Waals surface area contributed by atoms with Crippen molar-refractivity contribution in [1.29, 1.82) is 0 Å². The molecule has 1 unspecified atom stereocenters. The number of carbonyl (C=O) groups is 1. The van der Waals surface area contributed by atoms with Gasteiger partial charge in [0.05, 0.1) is 12.2 Å². The highest BCUT2D eigenvalue weighted by molar-refractivity contribution is 5.69. The maximum atomic E-state index is 11.1. The number of hydrogen-bond acceptors (Lipinski definition) is 3. The Kier molecular flexibility index (Phi) is 6.54. The van der Waals surface area contributed by atoms with E-state index in [-0.39, 0.29) is 5.97 Å². The van der Waals surface area contributed by atoms with Crippen molar-refractivity contribution >= 4 is 5.97 Å². The molecule has 0 saturated carbocycles. The molecule has 0 aliphatic heterocycles. The quantitative estimate of drug-likeness (QED) is 0.644. The van der Waals surface area contributed by atoms with Crippen LogP contribution in [0.4, 0.5) is 0 Å². The first kappa shape index (κ1) is 13.4. The zero-order valence-corrected chi connectivity index (χ0v) is 9.51. The highest BCUT2D eigenvalue weighted by atomic mass is 16.5. The molecule has 0 aromatic carbocycles. The first-order valence-electron chi connectivity index (χ1n) is 5.46. The van der Waals surface area contributed by atoms with Crippen LogP contribution in [0.3, 0.4) is 0 Å². The van der Waals surface area contributed by atoms with Crippen LogP contribution in [0.5, 0.6) is 0 Å². The lowest BCUT2D eigenvalue weighted by molar-refractivity contribution is -0.144. The second-order valence-corrected chi connectivity index (χ2v) is 3.63. The minimum Gasteiger partial charge on any atom is -0.466 e. The molecule has 0 aliphatic carbocycles. The van der Waals surface area contributed by atoms with Crippen LogP contribution in [0.2, 0.25) is 0 Å². The average Bonchev–Trinajstić information content (AvgIpc) is 2.16. The summed E-state index contributed by atoms with van der Waals surface area (Å²) in [6.45, 7) is 6.18. The standard InChI is InChI=1S/C11H22O3/c1-4-8-11(13,5-2)9-7-10(12)14-6-3/h13H,4-9H2,1-3H3. The third-order valence-electron chi connectivity index (χ3n) is 2.47. The summed E-state index contributed by atoms with van der Waals surface area (Å²) in [6, 6.07) is 0. The van der Waals surface area contributed by atoms with Gasteiger partial charge in [0, 0.05) is 6.42 Å². The van der Waals surface area contributed by atoms with E-state index in [9.17, 15) is 9.90 Å². The number of hydrogen-bond donors (Lipinski definition) is 1. The Bertz CT molecular complexity index is 168. The van der Waals surface area contributed by atoms with Gasteiger partial charge in [-0.15, -0.1) is 0 Å². The molecule has 0 saturated heterocycles. The molecule has 0 amide bonds. The summed E-state index contributed by atoms with van der Waals surface area (Å²) >= 11 is 0. The first-order valence-corrected chi connectivity index (χ1v) is 5.46. The molecule has 0 rings (SSSR count). The van der Waals surface area contributed by atoms with Crippen molar-refractivity contribution in [3.05, 3.63) is 0 Å². The van der Waals surface area contributed by atoms with E-state index in [1.54, 1.807) is 6.92 Å². The molecule has 1 atom stereocenters. The summed E-state index contributed by atoms with van der Waals surface area (Å²) in [6.07, 6.45) is 3.21. The Morgan fingerprint density at radius 2 is 1.93 bits per heavy atom. The van der Waals surface area contributed by atoms with Gasteiger partial charge in [0.2, 0.25) is 0 Å². The minimum absolute atomic E-state index is 0.213. The summed E-state index contributed by atoms with van der Waals surface area (Å²) in [7, 11) is 0. The molecule has 14 heavy (non-hydrogen) atoms. The van der Waals surface area contributed by atoms with Gasteiger partial charge in [-0.25, -0.2) is 0 Å². The Balaban J connectivity index is 3.87. The maximum absolute atomic E-state index is 11.1. The summed E-state index contributed by atoms with van der Waals surface area (Å²) in [5.74, 6) is -0.213. The van der Waals surface area contributed by atoms with Crippen molar-refractivity contribution in [2.75, 3.05) is 6.61 Å². The van der Waals surface area contributed by atoms with Crippen LogP contribution in [0.25, 0.3) is 0 Å². The molecule has 1 N–H and O–H groups in total. The van der Waals surface area contributed by atoms with Crippen LogP contribution in [-0.4, -0.2) is 23.3 Å². The fraction of sp³-hybridized carbons (Fsp3) is 0.909. The Hall–Kier alpha value is -0.570. The van der Waals surface area contributed by atoms with Crippen molar-refractivity contribution in [3.8, 4) is 0 Å². The van der Waals surface area contributed by atoms with Gasteiger partial charge in [0.15, 0.2) is 0 Å². The smallest absolute Gasteiger partial charge is 0.305 e. The van der Waals surface area contributed by atoms with Crippen molar-refractivity contribution < 1.29 is 14.6 Å². The summed E-state index contributed by atoms with van der Waals surface area (Å²) in [5.41, 5.74) is -0.679. The number of esters is 1. The van der Waals surface area contributed by atoms with Crippen LogP contribution in [0, 0.1) is 0 Å². The number of aliphatic hydroxyl groups is 1.